The molecule has 0 aliphatic rings. The first-order chi connectivity index (χ1) is 8.41. The second-order valence-electron chi connectivity index (χ2n) is 3.93. The molecule has 0 radical (unpaired) electrons. The van der Waals surface area contributed by atoms with Crippen molar-refractivity contribution in [2.75, 3.05) is 5.32 Å². The summed E-state index contributed by atoms with van der Waals surface area (Å²) in [6.07, 6.45) is 0. The van der Waals surface area contributed by atoms with Crippen LogP contribution in [-0.2, 0) is 11.8 Å². The number of amides is 1. The Hall–Kier alpha value is -2.37. The van der Waals surface area contributed by atoms with E-state index in [1.54, 1.807) is 7.05 Å². The Morgan fingerprint density at radius 3 is 2.61 bits per heavy atom. The average Bonchev–Trinajstić information content (AvgIpc) is 2.51. The quantitative estimate of drug-likeness (QED) is 0.856. The molecule has 18 heavy (non-hydrogen) atoms. The van der Waals surface area contributed by atoms with Crippen molar-refractivity contribution >= 4 is 28.5 Å². The number of fused-ring (bicyclic) bond motifs is 1. The minimum absolute atomic E-state index is 0.0780. The maximum atomic E-state index is 13.2. The number of halogens is 1. The Balaban J connectivity index is 2.84. The Bertz CT molecular complexity index is 661. The highest BCUT2D eigenvalue weighted by Gasteiger charge is 2.21. The smallest absolute Gasteiger partial charge is 0.354 e. The van der Waals surface area contributed by atoms with Crippen LogP contribution in [0.4, 0.5) is 10.1 Å². The van der Waals surface area contributed by atoms with Gasteiger partial charge in [-0.1, -0.05) is 0 Å². The van der Waals surface area contributed by atoms with Crippen LogP contribution in [0.2, 0.25) is 0 Å². The van der Waals surface area contributed by atoms with E-state index in [2.05, 4.69) is 5.32 Å². The number of aromatic nitrogens is 1. The number of hydrogen-bond acceptors (Lipinski definition) is 2. The number of anilines is 1. The molecule has 0 saturated heterocycles. The highest BCUT2D eigenvalue weighted by molar-refractivity contribution is 6.10. The number of hydrogen-bond donors (Lipinski definition) is 2. The van der Waals surface area contributed by atoms with E-state index in [1.165, 1.54) is 29.7 Å². The summed E-state index contributed by atoms with van der Waals surface area (Å²) in [6, 6.07) is 3.92. The number of benzene rings is 1. The van der Waals surface area contributed by atoms with E-state index in [-0.39, 0.29) is 11.4 Å². The van der Waals surface area contributed by atoms with Gasteiger partial charge >= 0.3 is 5.97 Å². The van der Waals surface area contributed by atoms with Crippen molar-refractivity contribution in [1.82, 2.24) is 4.57 Å². The molecular weight excluding hydrogens is 239 g/mol. The molecule has 2 rings (SSSR count). The highest BCUT2D eigenvalue weighted by Crippen LogP contribution is 2.31. The normalized spacial score (nSPS) is 10.6. The molecule has 0 unspecified atom stereocenters. The molecule has 2 aromatic rings. The minimum Gasteiger partial charge on any atom is -0.477 e. The van der Waals surface area contributed by atoms with Crippen LogP contribution in [0, 0.1) is 5.82 Å². The first-order valence-corrected chi connectivity index (χ1v) is 5.20. The number of nitrogens with zero attached hydrogens (tertiary/aromatic N) is 1. The molecule has 0 aliphatic carbocycles. The number of carbonyl (C=O) groups excluding carboxylic acids is 1. The standard InChI is InChI=1S/C12H11FN2O3/c1-6(16)14-10-8-5-7(13)3-4-9(8)15(2)11(10)12(17)18/h3-5H,1-2H3,(H,14,16)(H,17,18). The van der Waals surface area contributed by atoms with Gasteiger partial charge < -0.3 is 15.0 Å². The van der Waals surface area contributed by atoms with Crippen LogP contribution in [0.15, 0.2) is 18.2 Å². The number of carboxylic acid groups (broad SMARTS) is 1. The lowest BCUT2D eigenvalue weighted by Gasteiger charge is -2.03. The molecule has 1 heterocycles. The zero-order chi connectivity index (χ0) is 13.4. The monoisotopic (exact) mass is 250 g/mol. The number of carbonyl (C=O) groups is 2. The lowest BCUT2D eigenvalue weighted by molar-refractivity contribution is -0.114. The number of carboxylic acids is 1. The molecule has 0 bridgehead atoms. The maximum Gasteiger partial charge on any atom is 0.354 e. The molecule has 0 fully saturated rings. The Kier molecular flexibility index (Phi) is 2.78. The lowest BCUT2D eigenvalue weighted by atomic mass is 10.2. The fourth-order valence-electron chi connectivity index (χ4n) is 1.97. The van der Waals surface area contributed by atoms with Crippen LogP contribution in [0.3, 0.4) is 0 Å². The molecule has 94 valence electrons. The SMILES string of the molecule is CC(=O)Nc1c(C(=O)O)n(C)c2ccc(F)cc12. The number of aromatic carboxylic acids is 1. The van der Waals surface area contributed by atoms with Gasteiger partial charge in [-0.25, -0.2) is 9.18 Å². The van der Waals surface area contributed by atoms with Gasteiger partial charge in [-0.05, 0) is 18.2 Å². The second kappa shape index (κ2) is 4.14. The predicted molar refractivity (Wildman–Crippen MR) is 64.1 cm³/mol. The van der Waals surface area contributed by atoms with Gasteiger partial charge in [0.2, 0.25) is 5.91 Å². The van der Waals surface area contributed by atoms with Crippen molar-refractivity contribution in [3.05, 3.63) is 29.7 Å². The Morgan fingerprint density at radius 1 is 1.39 bits per heavy atom. The van der Waals surface area contributed by atoms with Gasteiger partial charge in [0.05, 0.1) is 11.2 Å². The van der Waals surface area contributed by atoms with Crippen molar-refractivity contribution < 1.29 is 19.1 Å². The van der Waals surface area contributed by atoms with Crippen LogP contribution >= 0.6 is 0 Å². The first kappa shape index (κ1) is 12.1. The summed E-state index contributed by atoms with van der Waals surface area (Å²) in [7, 11) is 1.55. The van der Waals surface area contributed by atoms with E-state index in [1.807, 2.05) is 0 Å². The predicted octanol–water partition coefficient (Wildman–Crippen LogP) is 1.97. The van der Waals surface area contributed by atoms with Crippen molar-refractivity contribution in [3.8, 4) is 0 Å². The molecule has 0 atom stereocenters. The van der Waals surface area contributed by atoms with Crippen molar-refractivity contribution in [2.45, 2.75) is 6.92 Å². The van der Waals surface area contributed by atoms with Gasteiger partial charge in [0.25, 0.3) is 0 Å². The Morgan fingerprint density at radius 2 is 2.06 bits per heavy atom. The molecule has 1 amide bonds. The zero-order valence-corrected chi connectivity index (χ0v) is 9.82. The van der Waals surface area contributed by atoms with E-state index in [9.17, 15) is 14.0 Å². The van der Waals surface area contributed by atoms with Gasteiger partial charge in [-0.3, -0.25) is 4.79 Å². The highest BCUT2D eigenvalue weighted by atomic mass is 19.1. The van der Waals surface area contributed by atoms with Crippen LogP contribution in [0.1, 0.15) is 17.4 Å². The van der Waals surface area contributed by atoms with E-state index >= 15 is 0 Å². The van der Waals surface area contributed by atoms with E-state index in [0.29, 0.717) is 10.9 Å². The fourth-order valence-corrected chi connectivity index (χ4v) is 1.97. The summed E-state index contributed by atoms with van der Waals surface area (Å²) in [5.41, 5.74) is 0.579. The van der Waals surface area contributed by atoms with Gasteiger partial charge in [0.1, 0.15) is 5.82 Å². The average molecular weight is 250 g/mol. The summed E-state index contributed by atoms with van der Waals surface area (Å²) < 4.78 is 14.6. The van der Waals surface area contributed by atoms with E-state index < -0.39 is 17.7 Å². The molecule has 0 saturated carbocycles. The molecule has 0 spiro atoms. The van der Waals surface area contributed by atoms with Crippen molar-refractivity contribution in [1.29, 1.82) is 0 Å². The summed E-state index contributed by atoms with van der Waals surface area (Å²) in [4.78, 5) is 22.3. The van der Waals surface area contributed by atoms with E-state index in [0.717, 1.165) is 0 Å². The first-order valence-electron chi connectivity index (χ1n) is 5.20. The summed E-state index contributed by atoms with van der Waals surface area (Å²) in [6.45, 7) is 1.27. The lowest BCUT2D eigenvalue weighted by Crippen LogP contribution is -2.12. The molecule has 0 aliphatic heterocycles. The molecule has 1 aromatic heterocycles. The summed E-state index contributed by atoms with van der Waals surface area (Å²) in [5, 5.41) is 12.0. The molecule has 6 heteroatoms. The maximum absolute atomic E-state index is 13.2. The Labute approximate surface area is 102 Å². The van der Waals surface area contributed by atoms with Crippen LogP contribution < -0.4 is 5.32 Å². The summed E-state index contributed by atoms with van der Waals surface area (Å²) >= 11 is 0. The van der Waals surface area contributed by atoms with Crippen LogP contribution in [-0.4, -0.2) is 21.6 Å². The molecule has 5 nitrogen and oxygen atoms in total. The number of aryl methyl sites for hydroxylation is 1. The largest absolute Gasteiger partial charge is 0.477 e. The van der Waals surface area contributed by atoms with E-state index in [4.69, 9.17) is 5.11 Å². The summed E-state index contributed by atoms with van der Waals surface area (Å²) in [5.74, 6) is -2.08. The second-order valence-corrected chi connectivity index (χ2v) is 3.93. The topological polar surface area (TPSA) is 71.3 Å². The third kappa shape index (κ3) is 1.81. The number of rotatable bonds is 2. The zero-order valence-electron chi connectivity index (χ0n) is 9.82. The molecule has 2 N–H and O–H groups in total. The third-order valence-electron chi connectivity index (χ3n) is 2.67. The van der Waals surface area contributed by atoms with Crippen LogP contribution in [0.5, 0.6) is 0 Å². The minimum atomic E-state index is -1.18. The van der Waals surface area contributed by atoms with Gasteiger partial charge in [0, 0.05) is 19.4 Å². The van der Waals surface area contributed by atoms with Gasteiger partial charge in [-0.2, -0.15) is 0 Å². The fraction of sp³-hybridized carbons (Fsp3) is 0.167. The van der Waals surface area contributed by atoms with Gasteiger partial charge in [0.15, 0.2) is 5.69 Å². The third-order valence-corrected chi connectivity index (χ3v) is 2.67. The van der Waals surface area contributed by atoms with Crippen molar-refractivity contribution in [2.24, 2.45) is 7.05 Å². The van der Waals surface area contributed by atoms with Crippen molar-refractivity contribution in [3.63, 3.8) is 0 Å². The number of nitrogens with one attached hydrogen (secondary N) is 1. The van der Waals surface area contributed by atoms with Gasteiger partial charge in [-0.15, -0.1) is 0 Å². The molecule has 1 aromatic carbocycles. The van der Waals surface area contributed by atoms with Crippen LogP contribution in [0.25, 0.3) is 10.9 Å². The molecular formula is C12H11FN2O3.